The molecule has 0 bridgehead atoms. The van der Waals surface area contributed by atoms with E-state index in [1.54, 1.807) is 42.5 Å². The fraction of sp³-hybridized carbons (Fsp3) is 0. The SMILES string of the molecule is O=S(=O)(c1ccccc1)N1c2ccccc2N=c2c1c1c(c3ccccc23)=Nc2ccccc2O1. The molecule has 2 aliphatic heterocycles. The molecule has 0 aliphatic carbocycles. The van der Waals surface area contributed by atoms with Gasteiger partial charge in [0.25, 0.3) is 10.0 Å². The number of benzene rings is 5. The van der Waals surface area contributed by atoms with Gasteiger partial charge in [-0.2, -0.15) is 0 Å². The van der Waals surface area contributed by atoms with Crippen LogP contribution < -0.4 is 19.8 Å². The van der Waals surface area contributed by atoms with E-state index in [4.69, 9.17) is 14.7 Å². The number of sulfonamides is 1. The van der Waals surface area contributed by atoms with Gasteiger partial charge in [0, 0.05) is 10.8 Å². The molecular formula is C28H17N3O3S. The molecule has 168 valence electrons. The Hall–Kier alpha value is -4.49. The zero-order valence-electron chi connectivity index (χ0n) is 18.3. The smallest absolute Gasteiger partial charge is 0.268 e. The highest BCUT2D eigenvalue weighted by molar-refractivity contribution is 7.93. The van der Waals surface area contributed by atoms with Crippen molar-refractivity contribution in [2.75, 3.05) is 4.31 Å². The summed E-state index contributed by atoms with van der Waals surface area (Å²) in [5, 5.41) is 2.76. The first-order valence-electron chi connectivity index (χ1n) is 11.1. The van der Waals surface area contributed by atoms with Gasteiger partial charge in [-0.25, -0.2) is 22.7 Å². The van der Waals surface area contributed by atoms with Crippen LogP contribution in [0.5, 0.6) is 11.5 Å². The summed E-state index contributed by atoms with van der Waals surface area (Å²) < 4.78 is 36.1. The second-order valence-electron chi connectivity index (χ2n) is 8.29. The quantitative estimate of drug-likeness (QED) is 0.323. The van der Waals surface area contributed by atoms with Gasteiger partial charge in [0.2, 0.25) is 0 Å². The third kappa shape index (κ3) is 2.85. The second kappa shape index (κ2) is 7.25. The molecule has 35 heavy (non-hydrogen) atoms. The van der Waals surface area contributed by atoms with Crippen molar-refractivity contribution in [3.05, 3.63) is 114 Å². The topological polar surface area (TPSA) is 71.3 Å². The number of para-hydroxylation sites is 4. The number of nitrogens with zero attached hydrogens (tertiary/aromatic N) is 3. The molecule has 0 saturated heterocycles. The fourth-order valence-electron chi connectivity index (χ4n) is 4.66. The molecular weight excluding hydrogens is 458 g/mol. The zero-order chi connectivity index (χ0) is 23.6. The van der Waals surface area contributed by atoms with Crippen LogP contribution >= 0.6 is 0 Å². The number of rotatable bonds is 2. The summed E-state index contributed by atoms with van der Waals surface area (Å²) in [6, 6.07) is 30.9. The summed E-state index contributed by atoms with van der Waals surface area (Å²) in [6.07, 6.45) is 0. The van der Waals surface area contributed by atoms with Crippen molar-refractivity contribution >= 4 is 43.5 Å². The van der Waals surface area contributed by atoms with E-state index in [9.17, 15) is 8.42 Å². The molecule has 0 radical (unpaired) electrons. The van der Waals surface area contributed by atoms with E-state index in [2.05, 4.69) is 0 Å². The van der Waals surface area contributed by atoms with Crippen LogP contribution in [0, 0.1) is 0 Å². The first-order chi connectivity index (χ1) is 17.1. The Morgan fingerprint density at radius 3 is 2.03 bits per heavy atom. The van der Waals surface area contributed by atoms with Gasteiger partial charge in [0.1, 0.15) is 22.1 Å². The monoisotopic (exact) mass is 475 g/mol. The van der Waals surface area contributed by atoms with E-state index in [0.717, 1.165) is 10.8 Å². The highest BCUT2D eigenvalue weighted by Crippen LogP contribution is 2.46. The maximum absolute atomic E-state index is 14.2. The Kier molecular flexibility index (Phi) is 4.13. The van der Waals surface area contributed by atoms with E-state index < -0.39 is 10.0 Å². The normalized spacial score (nSPS) is 13.4. The van der Waals surface area contributed by atoms with Crippen LogP contribution in [0.25, 0.3) is 10.8 Å². The number of hydrogen-bond acceptors (Lipinski definition) is 5. The van der Waals surface area contributed by atoms with Crippen molar-refractivity contribution in [2.45, 2.75) is 4.90 Å². The van der Waals surface area contributed by atoms with E-state index in [-0.39, 0.29) is 4.90 Å². The standard InChI is InChI=1S/C28H17N3O3S/c32-35(33,18-10-2-1-3-11-18)31-23-16-8-6-14-21(23)29-25-19-12-4-5-13-20(19)26-28(27(25)31)34-24-17-9-7-15-22(24)30-26/h1-17H. The molecule has 0 fully saturated rings. The molecule has 5 aromatic carbocycles. The predicted octanol–water partition coefficient (Wildman–Crippen LogP) is 5.69. The number of ether oxygens (including phenoxy) is 1. The third-order valence-electron chi connectivity index (χ3n) is 6.22. The molecule has 2 aliphatic rings. The van der Waals surface area contributed by atoms with Crippen LogP contribution in [0.4, 0.5) is 22.7 Å². The molecule has 0 aromatic heterocycles. The fourth-order valence-corrected chi connectivity index (χ4v) is 6.20. The van der Waals surface area contributed by atoms with Gasteiger partial charge in [-0.3, -0.25) is 0 Å². The van der Waals surface area contributed by atoms with Crippen LogP contribution in [0.3, 0.4) is 0 Å². The van der Waals surface area contributed by atoms with Crippen LogP contribution in [0.1, 0.15) is 0 Å². The number of anilines is 2. The summed E-state index contributed by atoms with van der Waals surface area (Å²) in [7, 11) is -4.02. The number of fused-ring (bicyclic) bond motifs is 8. The molecule has 6 nitrogen and oxygen atoms in total. The summed E-state index contributed by atoms with van der Waals surface area (Å²) in [5.74, 6) is 0.934. The highest BCUT2D eigenvalue weighted by atomic mass is 32.2. The van der Waals surface area contributed by atoms with E-state index in [1.165, 1.54) is 4.31 Å². The first-order valence-corrected chi connectivity index (χ1v) is 12.6. The summed E-state index contributed by atoms with van der Waals surface area (Å²) >= 11 is 0. The lowest BCUT2D eigenvalue weighted by Gasteiger charge is -2.31. The predicted molar refractivity (Wildman–Crippen MR) is 134 cm³/mol. The maximum Gasteiger partial charge on any atom is 0.268 e. The third-order valence-corrected chi connectivity index (χ3v) is 7.95. The summed E-state index contributed by atoms with van der Waals surface area (Å²) in [5.41, 5.74) is 2.08. The Bertz CT molecular complexity index is 1900. The average molecular weight is 476 g/mol. The van der Waals surface area contributed by atoms with Gasteiger partial charge < -0.3 is 4.74 Å². The van der Waals surface area contributed by atoms with Gasteiger partial charge in [-0.05, 0) is 36.4 Å². The molecule has 0 amide bonds. The van der Waals surface area contributed by atoms with Gasteiger partial charge in [0.15, 0.2) is 11.5 Å². The Morgan fingerprint density at radius 1 is 0.629 bits per heavy atom. The van der Waals surface area contributed by atoms with Crippen LogP contribution in [-0.2, 0) is 10.0 Å². The van der Waals surface area contributed by atoms with Crippen molar-refractivity contribution < 1.29 is 13.2 Å². The van der Waals surface area contributed by atoms with Gasteiger partial charge in [-0.1, -0.05) is 66.7 Å². The van der Waals surface area contributed by atoms with Crippen LogP contribution in [0.15, 0.2) is 118 Å². The highest BCUT2D eigenvalue weighted by Gasteiger charge is 2.36. The first kappa shape index (κ1) is 19.9. The van der Waals surface area contributed by atoms with Gasteiger partial charge in [-0.15, -0.1) is 0 Å². The minimum Gasteiger partial charge on any atom is -0.450 e. The van der Waals surface area contributed by atoms with E-state index >= 15 is 0 Å². The molecule has 0 saturated carbocycles. The lowest BCUT2D eigenvalue weighted by molar-refractivity contribution is 0.471. The van der Waals surface area contributed by atoms with Crippen molar-refractivity contribution in [3.63, 3.8) is 0 Å². The number of hydrogen-bond donors (Lipinski definition) is 0. The van der Waals surface area contributed by atoms with E-state index in [0.29, 0.717) is 45.0 Å². The average Bonchev–Trinajstić information content (AvgIpc) is 2.91. The summed E-state index contributed by atoms with van der Waals surface area (Å²) in [4.78, 5) is 10.0. The molecule has 0 spiro atoms. The lowest BCUT2D eigenvalue weighted by Crippen LogP contribution is -2.35. The molecule has 2 heterocycles. The van der Waals surface area contributed by atoms with Gasteiger partial charge >= 0.3 is 0 Å². The minimum atomic E-state index is -4.02. The summed E-state index contributed by atoms with van der Waals surface area (Å²) in [6.45, 7) is 0. The van der Waals surface area contributed by atoms with Gasteiger partial charge in [0.05, 0.1) is 16.3 Å². The van der Waals surface area contributed by atoms with Crippen LogP contribution in [-0.4, -0.2) is 8.42 Å². The Labute approximate surface area is 201 Å². The molecule has 5 aromatic rings. The molecule has 7 rings (SSSR count). The van der Waals surface area contributed by atoms with E-state index in [1.807, 2.05) is 60.7 Å². The zero-order valence-corrected chi connectivity index (χ0v) is 19.1. The largest absolute Gasteiger partial charge is 0.450 e. The molecule has 0 unspecified atom stereocenters. The lowest BCUT2D eigenvalue weighted by atomic mass is 10.0. The maximum atomic E-state index is 14.2. The van der Waals surface area contributed by atoms with Crippen molar-refractivity contribution in [1.82, 2.24) is 0 Å². The second-order valence-corrected chi connectivity index (χ2v) is 10.1. The van der Waals surface area contributed by atoms with Crippen molar-refractivity contribution in [2.24, 2.45) is 9.98 Å². The Morgan fingerprint density at radius 2 is 1.23 bits per heavy atom. The Balaban J connectivity index is 1.68. The van der Waals surface area contributed by atoms with Crippen LogP contribution in [0.2, 0.25) is 0 Å². The molecule has 7 heteroatoms. The molecule has 0 atom stereocenters. The molecule has 0 N–H and O–H groups in total. The van der Waals surface area contributed by atoms with Crippen molar-refractivity contribution in [1.29, 1.82) is 0 Å². The minimum absolute atomic E-state index is 0.178. The van der Waals surface area contributed by atoms with Crippen molar-refractivity contribution in [3.8, 4) is 11.5 Å².